The Morgan fingerprint density at radius 1 is 0.396 bits per heavy atom. The van der Waals surface area contributed by atoms with Crippen LogP contribution in [-0.4, -0.2) is 0 Å². The summed E-state index contributed by atoms with van der Waals surface area (Å²) in [6, 6.07) is 64.4. The average molecular weight is 614 g/mol. The maximum atomic E-state index is 2.44. The summed E-state index contributed by atoms with van der Waals surface area (Å²) in [7, 11) is 0. The molecule has 1 heteroatoms. The SMILES string of the molecule is CC1(C)c2ccccc2-c2c(N(c3ccccc3)c3ccc(-c4ccc5ccccc5c4)cc3)ccc(-c3ccc4ccccc4c3)c21. The number of hydrogen-bond acceptors (Lipinski definition) is 1. The van der Waals surface area contributed by atoms with E-state index >= 15 is 0 Å². The predicted molar refractivity (Wildman–Crippen MR) is 205 cm³/mol. The molecule has 0 amide bonds. The van der Waals surface area contributed by atoms with Crippen molar-refractivity contribution in [2.75, 3.05) is 4.90 Å². The van der Waals surface area contributed by atoms with Gasteiger partial charge in [0, 0.05) is 22.4 Å². The second-order valence-electron chi connectivity index (χ2n) is 13.4. The zero-order valence-electron chi connectivity index (χ0n) is 27.2. The fourth-order valence-corrected chi connectivity index (χ4v) is 7.85. The maximum Gasteiger partial charge on any atom is 0.0543 e. The van der Waals surface area contributed by atoms with Crippen LogP contribution >= 0.6 is 0 Å². The molecular formula is C47H35N. The number of nitrogens with zero attached hydrogens (tertiary/aromatic N) is 1. The molecule has 0 spiro atoms. The summed E-state index contributed by atoms with van der Waals surface area (Å²) in [4.78, 5) is 2.44. The van der Waals surface area contributed by atoms with Crippen LogP contribution in [0.2, 0.25) is 0 Å². The first kappa shape index (κ1) is 28.3. The Morgan fingerprint density at radius 3 is 1.65 bits per heavy atom. The molecule has 0 saturated heterocycles. The summed E-state index contributed by atoms with van der Waals surface area (Å²) in [5, 5.41) is 5.05. The van der Waals surface area contributed by atoms with Crippen LogP contribution in [0.5, 0.6) is 0 Å². The van der Waals surface area contributed by atoms with Gasteiger partial charge in [-0.2, -0.15) is 0 Å². The van der Waals surface area contributed by atoms with Gasteiger partial charge in [-0.1, -0.05) is 147 Å². The van der Waals surface area contributed by atoms with Gasteiger partial charge in [0.15, 0.2) is 0 Å². The third-order valence-corrected chi connectivity index (χ3v) is 10.2. The fraction of sp³-hybridized carbons (Fsp3) is 0.0638. The second kappa shape index (κ2) is 11.1. The molecule has 9 rings (SSSR count). The van der Waals surface area contributed by atoms with Gasteiger partial charge in [0.25, 0.3) is 0 Å². The second-order valence-corrected chi connectivity index (χ2v) is 13.4. The molecular weight excluding hydrogens is 579 g/mol. The molecule has 228 valence electrons. The Bertz CT molecular complexity index is 2470. The van der Waals surface area contributed by atoms with Crippen LogP contribution in [0.3, 0.4) is 0 Å². The minimum atomic E-state index is -0.175. The number of anilines is 3. The van der Waals surface area contributed by atoms with Crippen molar-refractivity contribution in [3.63, 3.8) is 0 Å². The first-order chi connectivity index (χ1) is 23.6. The number of para-hydroxylation sites is 1. The molecule has 0 atom stereocenters. The summed E-state index contributed by atoms with van der Waals surface area (Å²) in [5.74, 6) is 0. The third kappa shape index (κ3) is 4.54. The lowest BCUT2D eigenvalue weighted by atomic mass is 9.78. The fourth-order valence-electron chi connectivity index (χ4n) is 7.85. The number of rotatable bonds is 5. The van der Waals surface area contributed by atoms with Crippen molar-refractivity contribution in [1.82, 2.24) is 0 Å². The van der Waals surface area contributed by atoms with E-state index in [0.29, 0.717) is 0 Å². The van der Waals surface area contributed by atoms with Gasteiger partial charge in [-0.25, -0.2) is 0 Å². The monoisotopic (exact) mass is 613 g/mol. The van der Waals surface area contributed by atoms with E-state index in [0.717, 1.165) is 11.4 Å². The van der Waals surface area contributed by atoms with Gasteiger partial charge >= 0.3 is 0 Å². The van der Waals surface area contributed by atoms with Crippen molar-refractivity contribution in [3.8, 4) is 33.4 Å². The van der Waals surface area contributed by atoms with Crippen LogP contribution in [0, 0.1) is 0 Å². The largest absolute Gasteiger partial charge is 0.310 e. The van der Waals surface area contributed by atoms with E-state index in [4.69, 9.17) is 0 Å². The molecule has 0 aromatic heterocycles. The van der Waals surface area contributed by atoms with E-state index in [1.54, 1.807) is 0 Å². The smallest absolute Gasteiger partial charge is 0.0543 e. The van der Waals surface area contributed by atoms with Crippen LogP contribution in [0.4, 0.5) is 17.1 Å². The highest BCUT2D eigenvalue weighted by Crippen LogP contribution is 2.57. The first-order valence-corrected chi connectivity index (χ1v) is 16.8. The number of fused-ring (bicyclic) bond motifs is 5. The van der Waals surface area contributed by atoms with E-state index in [-0.39, 0.29) is 5.41 Å². The summed E-state index contributed by atoms with van der Waals surface area (Å²) in [6.45, 7) is 4.77. The average Bonchev–Trinajstić information content (AvgIpc) is 3.39. The topological polar surface area (TPSA) is 3.24 Å². The van der Waals surface area contributed by atoms with Crippen LogP contribution in [0.15, 0.2) is 176 Å². The normalized spacial score (nSPS) is 13.0. The van der Waals surface area contributed by atoms with Crippen LogP contribution in [0.1, 0.15) is 25.0 Å². The molecule has 0 N–H and O–H groups in total. The molecule has 0 unspecified atom stereocenters. The quantitative estimate of drug-likeness (QED) is 0.187. The summed E-state index contributed by atoms with van der Waals surface area (Å²) in [6.07, 6.45) is 0. The minimum Gasteiger partial charge on any atom is -0.310 e. The Kier molecular flexibility index (Phi) is 6.55. The molecule has 0 radical (unpaired) electrons. The lowest BCUT2D eigenvalue weighted by Gasteiger charge is -2.30. The zero-order chi connectivity index (χ0) is 32.2. The Morgan fingerprint density at radius 2 is 0.938 bits per heavy atom. The van der Waals surface area contributed by atoms with Gasteiger partial charge < -0.3 is 4.90 Å². The summed E-state index contributed by atoms with van der Waals surface area (Å²) in [5.41, 5.74) is 13.6. The van der Waals surface area contributed by atoms with Crippen molar-refractivity contribution in [3.05, 3.63) is 187 Å². The predicted octanol–water partition coefficient (Wildman–Crippen LogP) is 13.1. The van der Waals surface area contributed by atoms with Gasteiger partial charge in [-0.3, -0.25) is 0 Å². The summed E-state index contributed by atoms with van der Waals surface area (Å²) < 4.78 is 0. The van der Waals surface area contributed by atoms with Crippen molar-refractivity contribution in [1.29, 1.82) is 0 Å². The highest BCUT2D eigenvalue weighted by molar-refractivity contribution is 6.00. The number of hydrogen-bond donors (Lipinski definition) is 0. The highest BCUT2D eigenvalue weighted by atomic mass is 15.1. The number of benzene rings is 8. The minimum absolute atomic E-state index is 0.175. The molecule has 48 heavy (non-hydrogen) atoms. The van der Waals surface area contributed by atoms with E-state index in [2.05, 4.69) is 195 Å². The Balaban J connectivity index is 1.24. The van der Waals surface area contributed by atoms with E-state index < -0.39 is 0 Å². The van der Waals surface area contributed by atoms with Crippen molar-refractivity contribution in [2.45, 2.75) is 19.3 Å². The molecule has 8 aromatic rings. The van der Waals surface area contributed by atoms with Gasteiger partial charge in [0.2, 0.25) is 0 Å². The Labute approximate surface area is 282 Å². The first-order valence-electron chi connectivity index (χ1n) is 16.8. The van der Waals surface area contributed by atoms with Gasteiger partial charge in [0.05, 0.1) is 5.69 Å². The molecule has 1 aliphatic carbocycles. The Hall–Kier alpha value is -5.92. The van der Waals surface area contributed by atoms with E-state index in [9.17, 15) is 0 Å². The molecule has 1 nitrogen and oxygen atoms in total. The van der Waals surface area contributed by atoms with Gasteiger partial charge in [-0.05, 0) is 103 Å². The molecule has 0 heterocycles. The highest BCUT2D eigenvalue weighted by Gasteiger charge is 2.40. The van der Waals surface area contributed by atoms with Crippen LogP contribution < -0.4 is 4.90 Å². The van der Waals surface area contributed by atoms with Gasteiger partial charge in [0.1, 0.15) is 0 Å². The van der Waals surface area contributed by atoms with E-state index in [1.165, 1.54) is 71.7 Å². The molecule has 0 fully saturated rings. The summed E-state index contributed by atoms with van der Waals surface area (Å²) >= 11 is 0. The molecule has 0 saturated carbocycles. The lowest BCUT2D eigenvalue weighted by molar-refractivity contribution is 0.662. The lowest BCUT2D eigenvalue weighted by Crippen LogP contribution is -2.17. The maximum absolute atomic E-state index is 2.44. The van der Waals surface area contributed by atoms with Crippen LogP contribution in [-0.2, 0) is 5.41 Å². The zero-order valence-corrected chi connectivity index (χ0v) is 27.2. The van der Waals surface area contributed by atoms with Crippen LogP contribution in [0.25, 0.3) is 54.9 Å². The van der Waals surface area contributed by atoms with Gasteiger partial charge in [-0.15, -0.1) is 0 Å². The van der Waals surface area contributed by atoms with E-state index in [1.807, 2.05) is 0 Å². The van der Waals surface area contributed by atoms with Crippen molar-refractivity contribution >= 4 is 38.6 Å². The molecule has 0 aliphatic heterocycles. The third-order valence-electron chi connectivity index (χ3n) is 10.2. The standard InChI is InChI=1S/C47H35N/c1-47(2)43-19-11-10-18-42(43)45-44(29-28-41(46(45)47)38-23-21-33-13-7-9-15-36(33)31-38)48(39-16-4-3-5-17-39)40-26-24-34(25-27-40)37-22-20-32-12-6-8-14-35(32)30-37/h3-31H,1-2H3. The van der Waals surface area contributed by atoms with Crippen molar-refractivity contribution in [2.24, 2.45) is 0 Å². The molecule has 1 aliphatic rings. The molecule has 0 bridgehead atoms. The molecule has 8 aromatic carbocycles. The van der Waals surface area contributed by atoms with Crippen molar-refractivity contribution < 1.29 is 0 Å².